The second kappa shape index (κ2) is 8.90. The molecule has 4 rings (SSSR count). The van der Waals surface area contributed by atoms with Gasteiger partial charge in [-0.3, -0.25) is 10.2 Å². The maximum Gasteiger partial charge on any atom is 0.283 e. The van der Waals surface area contributed by atoms with Crippen molar-refractivity contribution >= 4 is 39.8 Å². The van der Waals surface area contributed by atoms with Gasteiger partial charge < -0.3 is 4.57 Å². The standard InChI is InChI=1S/C25H29N5OS/c1-6-8-22-28-30-23(26)21(24(31)27-25(30)32-22)14-19-13-16(4)29(17(19)5)20-11-9-18(10-12-20)15(3)7-2/h9-15,26H,6-8H2,1-5H3/b21-14-,26-23?/t15-/m1/s1. The SMILES string of the molecule is CCCC1=NN2C(=N)/C(=C/c3cc(C)n(-c4ccc([C@H](C)CC)cc4)c3C)C(=O)N=C2S1. The minimum absolute atomic E-state index is 0.0845. The van der Waals surface area contributed by atoms with Gasteiger partial charge in [-0.25, -0.2) is 0 Å². The summed E-state index contributed by atoms with van der Waals surface area (Å²) in [6, 6.07) is 10.7. The van der Waals surface area contributed by atoms with Crippen molar-refractivity contribution in [3.8, 4) is 5.69 Å². The van der Waals surface area contributed by atoms with Crippen molar-refractivity contribution in [1.29, 1.82) is 5.41 Å². The largest absolute Gasteiger partial charge is 0.318 e. The van der Waals surface area contributed by atoms with Crippen LogP contribution in [0.15, 0.2) is 46.0 Å². The monoisotopic (exact) mass is 447 g/mol. The Morgan fingerprint density at radius 2 is 1.91 bits per heavy atom. The second-order valence-electron chi connectivity index (χ2n) is 8.33. The molecule has 1 amide bonds. The molecule has 3 heterocycles. The van der Waals surface area contributed by atoms with Crippen LogP contribution in [0, 0.1) is 19.3 Å². The van der Waals surface area contributed by atoms with Crippen LogP contribution in [-0.4, -0.2) is 31.5 Å². The molecule has 166 valence electrons. The fraction of sp³-hybridized carbons (Fsp3) is 0.360. The molecule has 0 saturated heterocycles. The van der Waals surface area contributed by atoms with Gasteiger partial charge in [-0.05, 0) is 86.2 Å². The maximum absolute atomic E-state index is 12.7. The molecule has 1 aromatic heterocycles. The van der Waals surface area contributed by atoms with Crippen LogP contribution in [0.2, 0.25) is 0 Å². The van der Waals surface area contributed by atoms with Crippen molar-refractivity contribution in [2.75, 3.05) is 0 Å². The number of rotatable bonds is 6. The molecule has 0 aliphatic carbocycles. The number of aromatic nitrogens is 1. The summed E-state index contributed by atoms with van der Waals surface area (Å²) in [7, 11) is 0. The molecule has 32 heavy (non-hydrogen) atoms. The molecule has 0 saturated carbocycles. The minimum Gasteiger partial charge on any atom is -0.318 e. The summed E-state index contributed by atoms with van der Waals surface area (Å²) in [5, 5.41) is 15.9. The molecule has 0 fully saturated rings. The van der Waals surface area contributed by atoms with Crippen molar-refractivity contribution < 1.29 is 4.79 Å². The van der Waals surface area contributed by atoms with Crippen LogP contribution < -0.4 is 0 Å². The van der Waals surface area contributed by atoms with Gasteiger partial charge in [0.15, 0.2) is 5.84 Å². The smallest absolute Gasteiger partial charge is 0.283 e. The van der Waals surface area contributed by atoms with Crippen LogP contribution in [0.4, 0.5) is 0 Å². The zero-order chi connectivity index (χ0) is 23.0. The Morgan fingerprint density at radius 1 is 1.19 bits per heavy atom. The number of carbonyl (C=O) groups is 1. The van der Waals surface area contributed by atoms with Gasteiger partial charge >= 0.3 is 0 Å². The summed E-state index contributed by atoms with van der Waals surface area (Å²) >= 11 is 1.38. The fourth-order valence-electron chi connectivity index (χ4n) is 4.02. The Morgan fingerprint density at radius 3 is 2.56 bits per heavy atom. The Kier molecular flexibility index (Phi) is 6.20. The molecule has 0 spiro atoms. The number of carbonyl (C=O) groups excluding carboxylic acids is 1. The molecular formula is C25H29N5OS. The lowest BCUT2D eigenvalue weighted by molar-refractivity contribution is -0.114. The van der Waals surface area contributed by atoms with Crippen molar-refractivity contribution in [1.82, 2.24) is 9.58 Å². The van der Waals surface area contributed by atoms with Crippen molar-refractivity contribution in [2.24, 2.45) is 10.1 Å². The first kappa shape index (κ1) is 22.3. The van der Waals surface area contributed by atoms with Gasteiger partial charge in [0.25, 0.3) is 5.91 Å². The average molecular weight is 448 g/mol. The van der Waals surface area contributed by atoms with Gasteiger partial charge in [-0.1, -0.05) is 32.9 Å². The van der Waals surface area contributed by atoms with Crippen LogP contribution in [0.3, 0.4) is 0 Å². The molecule has 2 aliphatic heterocycles. The van der Waals surface area contributed by atoms with E-state index >= 15 is 0 Å². The molecule has 1 atom stereocenters. The van der Waals surface area contributed by atoms with Gasteiger partial charge in [-0.15, -0.1) is 0 Å². The number of benzene rings is 1. The van der Waals surface area contributed by atoms with Crippen molar-refractivity contribution in [2.45, 2.75) is 59.8 Å². The third kappa shape index (κ3) is 3.97. The number of amides is 1. The Labute approximate surface area is 193 Å². The molecule has 1 aromatic carbocycles. The minimum atomic E-state index is -0.385. The van der Waals surface area contributed by atoms with E-state index in [0.717, 1.165) is 46.9 Å². The number of aliphatic imine (C=N–C) groups is 1. The van der Waals surface area contributed by atoms with E-state index in [2.05, 4.69) is 72.7 Å². The summed E-state index contributed by atoms with van der Waals surface area (Å²) in [4.78, 5) is 16.9. The number of thioether (sulfide) groups is 1. The van der Waals surface area contributed by atoms with Gasteiger partial charge in [0.05, 0.1) is 5.57 Å². The number of nitrogens with one attached hydrogen (secondary N) is 1. The molecule has 2 aromatic rings. The third-order valence-electron chi connectivity index (χ3n) is 6.06. The van der Waals surface area contributed by atoms with E-state index in [-0.39, 0.29) is 17.3 Å². The zero-order valence-electron chi connectivity index (χ0n) is 19.3. The summed E-state index contributed by atoms with van der Waals surface area (Å²) in [6.45, 7) is 10.6. The van der Waals surface area contributed by atoms with Gasteiger partial charge in [0.1, 0.15) is 5.04 Å². The second-order valence-corrected chi connectivity index (χ2v) is 9.37. The van der Waals surface area contributed by atoms with Gasteiger partial charge in [-0.2, -0.15) is 15.1 Å². The molecule has 6 nitrogen and oxygen atoms in total. The molecule has 1 N–H and O–H groups in total. The molecule has 7 heteroatoms. The van der Waals surface area contributed by atoms with Crippen LogP contribution >= 0.6 is 11.8 Å². The normalized spacial score (nSPS) is 18.2. The number of fused-ring (bicyclic) bond motifs is 1. The Hall–Kier alpha value is -2.93. The first-order chi connectivity index (χ1) is 15.3. The molecule has 0 bridgehead atoms. The van der Waals surface area contributed by atoms with Crippen LogP contribution in [0.25, 0.3) is 11.8 Å². The molecule has 0 unspecified atom stereocenters. The highest BCUT2D eigenvalue weighted by Gasteiger charge is 2.35. The highest BCUT2D eigenvalue weighted by Crippen LogP contribution is 2.31. The fourth-order valence-corrected chi connectivity index (χ4v) is 5.01. The first-order valence-corrected chi connectivity index (χ1v) is 11.9. The zero-order valence-corrected chi connectivity index (χ0v) is 20.1. The average Bonchev–Trinajstić information content (AvgIpc) is 3.30. The van der Waals surface area contributed by atoms with E-state index < -0.39 is 0 Å². The van der Waals surface area contributed by atoms with Crippen LogP contribution in [0.5, 0.6) is 0 Å². The summed E-state index contributed by atoms with van der Waals surface area (Å²) in [5.74, 6) is 0.236. The predicted octanol–water partition coefficient (Wildman–Crippen LogP) is 6.03. The number of hydrazone groups is 1. The summed E-state index contributed by atoms with van der Waals surface area (Å²) in [6.07, 6.45) is 4.66. The number of nitrogens with zero attached hydrogens (tertiary/aromatic N) is 4. The van der Waals surface area contributed by atoms with E-state index in [1.165, 1.54) is 22.3 Å². The Bertz CT molecular complexity index is 1170. The van der Waals surface area contributed by atoms with Crippen molar-refractivity contribution in [3.63, 3.8) is 0 Å². The van der Waals surface area contributed by atoms with E-state index in [4.69, 9.17) is 5.41 Å². The lowest BCUT2D eigenvalue weighted by atomic mass is 9.98. The quantitative estimate of drug-likeness (QED) is 0.550. The molecule has 2 aliphatic rings. The third-order valence-corrected chi connectivity index (χ3v) is 7.03. The van der Waals surface area contributed by atoms with Crippen molar-refractivity contribution in [3.05, 3.63) is 58.4 Å². The lowest BCUT2D eigenvalue weighted by Gasteiger charge is -2.20. The van der Waals surface area contributed by atoms with Crippen LogP contribution in [0.1, 0.15) is 68.5 Å². The molecule has 0 radical (unpaired) electrons. The van der Waals surface area contributed by atoms with E-state index in [9.17, 15) is 4.79 Å². The predicted molar refractivity (Wildman–Crippen MR) is 134 cm³/mol. The molecular weight excluding hydrogens is 418 g/mol. The highest BCUT2D eigenvalue weighted by atomic mass is 32.2. The van der Waals surface area contributed by atoms with Gasteiger partial charge in [0.2, 0.25) is 5.17 Å². The van der Waals surface area contributed by atoms with Gasteiger partial charge in [0, 0.05) is 17.1 Å². The number of amidine groups is 2. The number of hydrogen-bond donors (Lipinski definition) is 1. The first-order valence-electron chi connectivity index (χ1n) is 11.1. The van der Waals surface area contributed by atoms with E-state index in [1.807, 2.05) is 6.92 Å². The summed E-state index contributed by atoms with van der Waals surface area (Å²) < 4.78 is 2.18. The topological polar surface area (TPSA) is 73.8 Å². The Balaban J connectivity index is 1.67. The number of hydrogen-bond acceptors (Lipinski definition) is 4. The van der Waals surface area contributed by atoms with Crippen LogP contribution in [-0.2, 0) is 4.79 Å². The maximum atomic E-state index is 12.7. The lowest BCUT2D eigenvalue weighted by Crippen LogP contribution is -2.35. The summed E-state index contributed by atoms with van der Waals surface area (Å²) in [5.41, 5.74) is 5.69. The van der Waals surface area contributed by atoms with E-state index in [0.29, 0.717) is 11.1 Å². The number of aryl methyl sites for hydroxylation is 1. The van der Waals surface area contributed by atoms with E-state index in [1.54, 1.807) is 6.08 Å². The highest BCUT2D eigenvalue weighted by molar-refractivity contribution is 8.26.